The summed E-state index contributed by atoms with van der Waals surface area (Å²) in [5, 5.41) is 8.70. The van der Waals surface area contributed by atoms with Crippen LogP contribution in [0.2, 0.25) is 0 Å². The molecule has 1 fully saturated rings. The summed E-state index contributed by atoms with van der Waals surface area (Å²) >= 11 is 0. The average molecular weight is 554 g/mol. The number of benzene rings is 3. The molecule has 3 aromatic rings. The van der Waals surface area contributed by atoms with Crippen molar-refractivity contribution >= 4 is 17.9 Å². The Morgan fingerprint density at radius 1 is 0.878 bits per heavy atom. The van der Waals surface area contributed by atoms with E-state index in [0.29, 0.717) is 32.0 Å². The van der Waals surface area contributed by atoms with Crippen molar-refractivity contribution in [2.75, 3.05) is 6.54 Å². The third kappa shape index (κ3) is 9.78. The van der Waals surface area contributed by atoms with Crippen LogP contribution in [0.25, 0.3) is 0 Å². The molecule has 3 amide bonds. The standard InChI is InChI=1S/C34H43N5O2/c1-2-25-13-9-14-27(19-25)24-38-34(41)39-33(35)37-23-29-16-10-15-28(20-29)22-36-32(40)31(30-17-7-4-8-18-30)21-26-11-5-3-6-12-26/h3-8,10-12,15-18,20,25,27,31H,2,9,13-14,19,21-24H2,1H3,(H,36,40)(H4,35,37,38,39,41). The predicted molar refractivity (Wildman–Crippen MR) is 165 cm³/mol. The third-order valence-electron chi connectivity index (χ3n) is 7.95. The largest absolute Gasteiger partial charge is 0.370 e. The molecule has 3 unspecified atom stereocenters. The van der Waals surface area contributed by atoms with Crippen LogP contribution in [0.15, 0.2) is 89.9 Å². The topological polar surface area (TPSA) is 109 Å². The van der Waals surface area contributed by atoms with Gasteiger partial charge in [0.05, 0.1) is 12.5 Å². The number of amides is 3. The molecule has 1 saturated carbocycles. The first kappa shape index (κ1) is 29.8. The van der Waals surface area contributed by atoms with Gasteiger partial charge in [0.1, 0.15) is 0 Å². The molecule has 0 saturated heterocycles. The number of nitrogens with zero attached hydrogens (tertiary/aromatic N) is 1. The van der Waals surface area contributed by atoms with E-state index in [2.05, 4.69) is 40.0 Å². The second kappa shape index (κ2) is 15.6. The van der Waals surface area contributed by atoms with Crippen molar-refractivity contribution in [3.8, 4) is 0 Å². The van der Waals surface area contributed by atoms with Crippen LogP contribution in [0.5, 0.6) is 0 Å². The maximum atomic E-state index is 13.3. The van der Waals surface area contributed by atoms with Gasteiger partial charge in [0.25, 0.3) is 0 Å². The Labute approximate surface area is 244 Å². The van der Waals surface area contributed by atoms with Crippen molar-refractivity contribution in [3.05, 3.63) is 107 Å². The lowest BCUT2D eigenvalue weighted by atomic mass is 9.80. The first-order chi connectivity index (χ1) is 20.0. The highest BCUT2D eigenvalue weighted by Crippen LogP contribution is 2.30. The van der Waals surface area contributed by atoms with Crippen molar-refractivity contribution < 1.29 is 9.59 Å². The van der Waals surface area contributed by atoms with E-state index in [9.17, 15) is 9.59 Å². The Bertz CT molecular complexity index is 1280. The van der Waals surface area contributed by atoms with Gasteiger partial charge >= 0.3 is 6.03 Å². The lowest BCUT2D eigenvalue weighted by Gasteiger charge is -2.28. The number of urea groups is 1. The summed E-state index contributed by atoms with van der Waals surface area (Å²) in [6.07, 6.45) is 6.71. The number of aliphatic imine (C=N–C) groups is 1. The predicted octanol–water partition coefficient (Wildman–Crippen LogP) is 5.66. The van der Waals surface area contributed by atoms with E-state index in [-0.39, 0.29) is 23.8 Å². The second-order valence-electron chi connectivity index (χ2n) is 11.0. The molecule has 0 aliphatic heterocycles. The molecule has 0 heterocycles. The summed E-state index contributed by atoms with van der Waals surface area (Å²) in [6, 6.07) is 27.5. The summed E-state index contributed by atoms with van der Waals surface area (Å²) in [7, 11) is 0. The Morgan fingerprint density at radius 3 is 2.32 bits per heavy atom. The summed E-state index contributed by atoms with van der Waals surface area (Å²) in [4.78, 5) is 30.0. The van der Waals surface area contributed by atoms with Crippen LogP contribution in [-0.2, 0) is 24.3 Å². The molecule has 7 heteroatoms. The van der Waals surface area contributed by atoms with Gasteiger partial charge in [-0.1, -0.05) is 111 Å². The molecule has 0 bridgehead atoms. The Balaban J connectivity index is 1.27. The van der Waals surface area contributed by atoms with Crippen molar-refractivity contribution in [3.63, 3.8) is 0 Å². The molecular formula is C34H43N5O2. The van der Waals surface area contributed by atoms with E-state index >= 15 is 0 Å². The molecule has 5 N–H and O–H groups in total. The highest BCUT2D eigenvalue weighted by molar-refractivity contribution is 5.95. The first-order valence-electron chi connectivity index (χ1n) is 14.8. The van der Waals surface area contributed by atoms with Crippen LogP contribution < -0.4 is 21.7 Å². The third-order valence-corrected chi connectivity index (χ3v) is 7.95. The SMILES string of the molecule is CCC1CCCC(CNC(=O)NC(N)=NCc2cccc(CNC(=O)C(Cc3ccccc3)c3ccccc3)c2)C1. The highest BCUT2D eigenvalue weighted by Gasteiger charge is 2.22. The minimum atomic E-state index is -0.315. The summed E-state index contributed by atoms with van der Waals surface area (Å²) < 4.78 is 0. The van der Waals surface area contributed by atoms with Gasteiger partial charge < -0.3 is 16.4 Å². The molecule has 1 aliphatic carbocycles. The summed E-state index contributed by atoms with van der Waals surface area (Å²) in [5.41, 5.74) is 10.0. The fourth-order valence-corrected chi connectivity index (χ4v) is 5.62. The normalized spacial score (nSPS) is 17.8. The number of guanidine groups is 1. The molecule has 4 rings (SSSR count). The van der Waals surface area contributed by atoms with Crippen LogP contribution >= 0.6 is 0 Å². The van der Waals surface area contributed by atoms with Crippen molar-refractivity contribution in [1.29, 1.82) is 0 Å². The molecule has 3 atom stereocenters. The zero-order valence-corrected chi connectivity index (χ0v) is 24.0. The zero-order valence-electron chi connectivity index (χ0n) is 24.0. The van der Waals surface area contributed by atoms with Crippen LogP contribution in [0, 0.1) is 11.8 Å². The number of nitrogens with one attached hydrogen (secondary N) is 3. The number of hydrogen-bond donors (Lipinski definition) is 4. The lowest BCUT2D eigenvalue weighted by Crippen LogP contribution is -2.45. The van der Waals surface area contributed by atoms with Crippen LogP contribution in [-0.4, -0.2) is 24.4 Å². The lowest BCUT2D eigenvalue weighted by molar-refractivity contribution is -0.122. The molecule has 216 valence electrons. The number of rotatable bonds is 11. The van der Waals surface area contributed by atoms with Gasteiger partial charge in [-0.25, -0.2) is 9.79 Å². The van der Waals surface area contributed by atoms with Gasteiger partial charge in [-0.3, -0.25) is 10.1 Å². The maximum absolute atomic E-state index is 13.3. The van der Waals surface area contributed by atoms with E-state index in [1.807, 2.05) is 72.8 Å². The van der Waals surface area contributed by atoms with E-state index in [4.69, 9.17) is 5.73 Å². The van der Waals surface area contributed by atoms with Crippen LogP contribution in [0.3, 0.4) is 0 Å². The first-order valence-corrected chi connectivity index (χ1v) is 14.8. The van der Waals surface area contributed by atoms with E-state index in [1.165, 1.54) is 25.7 Å². The van der Waals surface area contributed by atoms with Crippen LogP contribution in [0.1, 0.15) is 67.2 Å². The molecule has 1 aliphatic rings. The number of carbonyl (C=O) groups excluding carboxylic acids is 2. The van der Waals surface area contributed by atoms with Crippen molar-refractivity contribution in [2.24, 2.45) is 22.6 Å². The Morgan fingerprint density at radius 2 is 1.56 bits per heavy atom. The molecular weight excluding hydrogens is 510 g/mol. The van der Waals surface area contributed by atoms with Gasteiger partial charge in [0.15, 0.2) is 5.96 Å². The second-order valence-corrected chi connectivity index (χ2v) is 11.0. The monoisotopic (exact) mass is 553 g/mol. The molecule has 0 spiro atoms. The fraction of sp³-hybridized carbons (Fsp3) is 0.382. The maximum Gasteiger partial charge on any atom is 0.321 e. The Kier molecular flexibility index (Phi) is 11.4. The highest BCUT2D eigenvalue weighted by atomic mass is 16.2. The minimum absolute atomic E-state index is 0.0126. The fourth-order valence-electron chi connectivity index (χ4n) is 5.62. The number of hydrogen-bond acceptors (Lipinski definition) is 3. The summed E-state index contributed by atoms with van der Waals surface area (Å²) in [5.74, 6) is 1.09. The van der Waals surface area contributed by atoms with Gasteiger partial charge in [-0.2, -0.15) is 0 Å². The quantitative estimate of drug-likeness (QED) is 0.182. The number of carbonyl (C=O) groups is 2. The van der Waals surface area contributed by atoms with Crippen molar-refractivity contribution in [2.45, 2.75) is 64.5 Å². The number of nitrogens with two attached hydrogens (primary N) is 1. The van der Waals surface area contributed by atoms with E-state index in [0.717, 1.165) is 34.6 Å². The van der Waals surface area contributed by atoms with Crippen molar-refractivity contribution in [1.82, 2.24) is 16.0 Å². The van der Waals surface area contributed by atoms with Gasteiger partial charge in [0, 0.05) is 13.1 Å². The van der Waals surface area contributed by atoms with E-state index in [1.54, 1.807) is 0 Å². The van der Waals surface area contributed by atoms with Crippen LogP contribution in [0.4, 0.5) is 4.79 Å². The van der Waals surface area contributed by atoms with Gasteiger partial charge in [-0.15, -0.1) is 0 Å². The zero-order chi connectivity index (χ0) is 28.9. The van der Waals surface area contributed by atoms with E-state index < -0.39 is 0 Å². The molecule has 0 aromatic heterocycles. The smallest absolute Gasteiger partial charge is 0.321 e. The summed E-state index contributed by atoms with van der Waals surface area (Å²) in [6.45, 7) is 3.64. The minimum Gasteiger partial charge on any atom is -0.370 e. The average Bonchev–Trinajstić information content (AvgIpc) is 3.01. The van der Waals surface area contributed by atoms with Gasteiger partial charge in [0.2, 0.25) is 5.91 Å². The Hall–Kier alpha value is -4.13. The molecule has 7 nitrogen and oxygen atoms in total. The van der Waals surface area contributed by atoms with Gasteiger partial charge in [-0.05, 0) is 53.4 Å². The molecule has 3 aromatic carbocycles. The molecule has 0 radical (unpaired) electrons. The molecule has 41 heavy (non-hydrogen) atoms.